The summed E-state index contributed by atoms with van der Waals surface area (Å²) >= 11 is 1.78. The number of hydrogen-bond donors (Lipinski definition) is 1. The van der Waals surface area contributed by atoms with E-state index >= 15 is 0 Å². The van der Waals surface area contributed by atoms with Crippen LogP contribution in [0.4, 0.5) is 5.69 Å². The van der Waals surface area contributed by atoms with Gasteiger partial charge in [-0.25, -0.2) is 0 Å². The fraction of sp³-hybridized carbons (Fsp3) is 0.409. The second-order valence-electron chi connectivity index (χ2n) is 6.99. The summed E-state index contributed by atoms with van der Waals surface area (Å²) < 4.78 is 0. The van der Waals surface area contributed by atoms with Gasteiger partial charge in [-0.1, -0.05) is 31.2 Å². The van der Waals surface area contributed by atoms with E-state index in [4.69, 9.17) is 0 Å². The molecule has 0 bridgehead atoms. The SMILES string of the molecule is CCN1CCN(Cc2ccc(NC(=O)c3ccc(CSC)cc3)cc2)CC1. The summed E-state index contributed by atoms with van der Waals surface area (Å²) in [6.45, 7) is 8.89. The van der Waals surface area contributed by atoms with Gasteiger partial charge in [-0.05, 0) is 48.2 Å². The zero-order valence-corrected chi connectivity index (χ0v) is 17.1. The van der Waals surface area contributed by atoms with Crippen molar-refractivity contribution in [3.05, 3.63) is 65.2 Å². The van der Waals surface area contributed by atoms with Crippen LogP contribution in [0, 0.1) is 0 Å². The third-order valence-corrected chi connectivity index (χ3v) is 5.68. The molecule has 1 heterocycles. The van der Waals surface area contributed by atoms with Gasteiger partial charge in [0.15, 0.2) is 0 Å². The van der Waals surface area contributed by atoms with Crippen molar-refractivity contribution in [3.63, 3.8) is 0 Å². The van der Waals surface area contributed by atoms with Crippen LogP contribution in [0.25, 0.3) is 0 Å². The van der Waals surface area contributed by atoms with E-state index in [9.17, 15) is 4.79 Å². The van der Waals surface area contributed by atoms with Crippen molar-refractivity contribution < 1.29 is 4.79 Å². The number of benzene rings is 2. The molecular formula is C22H29N3OS. The summed E-state index contributed by atoms with van der Waals surface area (Å²) in [4.78, 5) is 17.4. The topological polar surface area (TPSA) is 35.6 Å². The fourth-order valence-electron chi connectivity index (χ4n) is 3.34. The lowest BCUT2D eigenvalue weighted by Crippen LogP contribution is -2.45. The second kappa shape index (κ2) is 9.93. The van der Waals surface area contributed by atoms with Gasteiger partial charge >= 0.3 is 0 Å². The summed E-state index contributed by atoms with van der Waals surface area (Å²) in [5.41, 5.74) is 4.06. The number of thioether (sulfide) groups is 1. The van der Waals surface area contributed by atoms with Crippen LogP contribution in [0.3, 0.4) is 0 Å². The molecule has 0 atom stereocenters. The van der Waals surface area contributed by atoms with Crippen molar-refractivity contribution in [2.75, 3.05) is 44.3 Å². The number of nitrogens with one attached hydrogen (secondary N) is 1. The van der Waals surface area contributed by atoms with Gasteiger partial charge < -0.3 is 10.2 Å². The summed E-state index contributed by atoms with van der Waals surface area (Å²) in [7, 11) is 0. The molecule has 1 aliphatic rings. The Hall–Kier alpha value is -1.82. The maximum absolute atomic E-state index is 12.4. The monoisotopic (exact) mass is 383 g/mol. The Kier molecular flexibility index (Phi) is 7.33. The average molecular weight is 384 g/mol. The van der Waals surface area contributed by atoms with Crippen LogP contribution in [-0.4, -0.2) is 54.7 Å². The molecule has 0 saturated carbocycles. The lowest BCUT2D eigenvalue weighted by atomic mass is 10.1. The molecule has 1 amide bonds. The van der Waals surface area contributed by atoms with Crippen molar-refractivity contribution in [3.8, 4) is 0 Å². The van der Waals surface area contributed by atoms with E-state index in [2.05, 4.69) is 40.4 Å². The number of piperazine rings is 1. The molecule has 2 aromatic carbocycles. The molecular weight excluding hydrogens is 354 g/mol. The van der Waals surface area contributed by atoms with E-state index in [0.717, 1.165) is 50.7 Å². The highest BCUT2D eigenvalue weighted by Gasteiger charge is 2.15. The predicted molar refractivity (Wildman–Crippen MR) is 115 cm³/mol. The first kappa shape index (κ1) is 19.9. The van der Waals surface area contributed by atoms with E-state index in [-0.39, 0.29) is 5.91 Å². The maximum atomic E-state index is 12.4. The highest BCUT2D eigenvalue weighted by Crippen LogP contribution is 2.15. The fourth-order valence-corrected chi connectivity index (χ4v) is 3.86. The average Bonchev–Trinajstić information content (AvgIpc) is 2.71. The molecule has 0 aliphatic carbocycles. The summed E-state index contributed by atoms with van der Waals surface area (Å²) in [5, 5.41) is 2.99. The van der Waals surface area contributed by atoms with E-state index < -0.39 is 0 Å². The minimum Gasteiger partial charge on any atom is -0.322 e. The van der Waals surface area contributed by atoms with Gasteiger partial charge in [0.25, 0.3) is 5.91 Å². The third kappa shape index (κ3) is 5.83. The summed E-state index contributed by atoms with van der Waals surface area (Å²) in [6.07, 6.45) is 2.08. The summed E-state index contributed by atoms with van der Waals surface area (Å²) in [6, 6.07) is 16.1. The minimum absolute atomic E-state index is 0.0610. The normalized spacial score (nSPS) is 15.6. The Labute approximate surface area is 166 Å². The van der Waals surface area contributed by atoms with Crippen molar-refractivity contribution in [2.45, 2.75) is 19.2 Å². The lowest BCUT2D eigenvalue weighted by molar-refractivity contribution is 0.102. The van der Waals surface area contributed by atoms with E-state index in [0.29, 0.717) is 5.56 Å². The van der Waals surface area contributed by atoms with Crippen LogP contribution in [0.1, 0.15) is 28.4 Å². The van der Waals surface area contributed by atoms with E-state index in [1.807, 2.05) is 36.4 Å². The predicted octanol–water partition coefficient (Wildman–Crippen LogP) is 3.94. The number of amides is 1. The van der Waals surface area contributed by atoms with Crippen molar-refractivity contribution in [1.29, 1.82) is 0 Å². The second-order valence-corrected chi connectivity index (χ2v) is 7.86. The van der Waals surface area contributed by atoms with Crippen LogP contribution in [0.15, 0.2) is 48.5 Å². The maximum Gasteiger partial charge on any atom is 0.255 e. The number of carbonyl (C=O) groups is 1. The molecule has 144 valence electrons. The molecule has 1 aliphatic heterocycles. The molecule has 4 nitrogen and oxygen atoms in total. The van der Waals surface area contributed by atoms with Crippen LogP contribution in [0.5, 0.6) is 0 Å². The van der Waals surface area contributed by atoms with E-state index in [1.54, 1.807) is 11.8 Å². The number of likely N-dealkylation sites (N-methyl/N-ethyl adjacent to an activating group) is 1. The van der Waals surface area contributed by atoms with Crippen LogP contribution in [-0.2, 0) is 12.3 Å². The van der Waals surface area contributed by atoms with Gasteiger partial charge in [-0.3, -0.25) is 9.69 Å². The Balaban J connectivity index is 1.52. The quantitative estimate of drug-likeness (QED) is 0.786. The van der Waals surface area contributed by atoms with Gasteiger partial charge in [0.1, 0.15) is 0 Å². The largest absolute Gasteiger partial charge is 0.322 e. The first-order valence-corrected chi connectivity index (χ1v) is 11.0. The standard InChI is InChI=1S/C22H29N3OS/c1-3-24-12-14-25(15-13-24)16-18-6-10-21(11-7-18)23-22(26)20-8-4-19(5-9-20)17-27-2/h4-11H,3,12-17H2,1-2H3,(H,23,26). The number of carbonyl (C=O) groups excluding carboxylic acids is 1. The highest BCUT2D eigenvalue weighted by atomic mass is 32.2. The van der Waals surface area contributed by atoms with Gasteiger partial charge in [-0.15, -0.1) is 0 Å². The number of hydrogen-bond acceptors (Lipinski definition) is 4. The zero-order chi connectivity index (χ0) is 19.1. The molecule has 0 radical (unpaired) electrons. The molecule has 0 aromatic heterocycles. The molecule has 0 unspecified atom stereocenters. The molecule has 27 heavy (non-hydrogen) atoms. The van der Waals surface area contributed by atoms with Gasteiger partial charge in [0.2, 0.25) is 0 Å². The molecule has 1 N–H and O–H groups in total. The smallest absolute Gasteiger partial charge is 0.255 e. The Morgan fingerprint density at radius 2 is 1.52 bits per heavy atom. The molecule has 2 aromatic rings. The number of anilines is 1. The number of rotatable bonds is 7. The van der Waals surface area contributed by atoms with Gasteiger partial charge in [0.05, 0.1) is 0 Å². The Morgan fingerprint density at radius 3 is 2.11 bits per heavy atom. The van der Waals surface area contributed by atoms with Crippen LogP contribution >= 0.6 is 11.8 Å². The number of nitrogens with zero attached hydrogens (tertiary/aromatic N) is 2. The molecule has 3 rings (SSSR count). The molecule has 1 saturated heterocycles. The molecule has 1 fully saturated rings. The highest BCUT2D eigenvalue weighted by molar-refractivity contribution is 7.97. The van der Waals surface area contributed by atoms with Crippen LogP contribution < -0.4 is 5.32 Å². The molecule has 0 spiro atoms. The Morgan fingerprint density at radius 1 is 0.926 bits per heavy atom. The minimum atomic E-state index is -0.0610. The first-order chi connectivity index (χ1) is 13.2. The zero-order valence-electron chi connectivity index (χ0n) is 16.3. The Bertz CT molecular complexity index is 722. The molecule has 5 heteroatoms. The first-order valence-electron chi connectivity index (χ1n) is 9.61. The van der Waals surface area contributed by atoms with Crippen molar-refractivity contribution >= 4 is 23.4 Å². The van der Waals surface area contributed by atoms with E-state index in [1.165, 1.54) is 11.1 Å². The third-order valence-electron chi connectivity index (χ3n) is 5.06. The summed E-state index contributed by atoms with van der Waals surface area (Å²) in [5.74, 6) is 0.908. The van der Waals surface area contributed by atoms with Crippen molar-refractivity contribution in [1.82, 2.24) is 9.80 Å². The van der Waals surface area contributed by atoms with Gasteiger partial charge in [0, 0.05) is 49.7 Å². The van der Waals surface area contributed by atoms with Gasteiger partial charge in [-0.2, -0.15) is 11.8 Å². The van der Waals surface area contributed by atoms with Crippen LogP contribution in [0.2, 0.25) is 0 Å². The van der Waals surface area contributed by atoms with Crippen molar-refractivity contribution in [2.24, 2.45) is 0 Å². The lowest BCUT2D eigenvalue weighted by Gasteiger charge is -2.34.